The number of halogens is 4. The number of nitrogens with zero attached hydrogens (tertiary/aromatic N) is 1. The van der Waals surface area contributed by atoms with E-state index in [1.54, 1.807) is 6.92 Å². The Labute approximate surface area is 117 Å². The van der Waals surface area contributed by atoms with E-state index in [1.807, 2.05) is 0 Å². The summed E-state index contributed by atoms with van der Waals surface area (Å²) in [5.74, 6) is -0.566. The number of hydrogen-bond donors (Lipinski definition) is 0. The van der Waals surface area contributed by atoms with Crippen LogP contribution in [0.5, 0.6) is 0 Å². The molecule has 1 heterocycles. The fourth-order valence-electron chi connectivity index (χ4n) is 1.48. The molecule has 100 valence electrons. The van der Waals surface area contributed by atoms with E-state index < -0.39 is 18.0 Å². The molecule has 0 saturated carbocycles. The summed E-state index contributed by atoms with van der Waals surface area (Å²) in [6.07, 6.45) is -1.65. The minimum absolute atomic E-state index is 0.181. The zero-order valence-corrected chi connectivity index (χ0v) is 11.9. The van der Waals surface area contributed by atoms with E-state index in [0.29, 0.717) is 10.9 Å². The smallest absolute Gasteiger partial charge is 0.310 e. The molecule has 0 N–H and O–H groups in total. The molecule has 0 unspecified atom stereocenters. The summed E-state index contributed by atoms with van der Waals surface area (Å²) in [4.78, 5) is 15.1. The molecule has 0 fully saturated rings. The van der Waals surface area contributed by atoms with E-state index >= 15 is 0 Å². The lowest BCUT2D eigenvalue weighted by Crippen LogP contribution is -2.12. The molecule has 0 amide bonds. The van der Waals surface area contributed by atoms with Crippen molar-refractivity contribution in [2.24, 2.45) is 0 Å². The summed E-state index contributed by atoms with van der Waals surface area (Å²) in [7, 11) is 0. The summed E-state index contributed by atoms with van der Waals surface area (Å²) in [6, 6.07) is 0. The summed E-state index contributed by atoms with van der Waals surface area (Å²) < 4.78 is 30.7. The van der Waals surface area contributed by atoms with Crippen molar-refractivity contribution in [3.63, 3.8) is 0 Å². The summed E-state index contributed by atoms with van der Waals surface area (Å²) in [6.45, 7) is 1.85. The van der Waals surface area contributed by atoms with Crippen LogP contribution in [0.15, 0.2) is 6.20 Å². The first kappa shape index (κ1) is 15.3. The van der Waals surface area contributed by atoms with Gasteiger partial charge in [0.05, 0.1) is 18.6 Å². The first-order valence-electron chi connectivity index (χ1n) is 5.17. The number of carbonyl (C=O) groups is 1. The van der Waals surface area contributed by atoms with Crippen LogP contribution in [0.1, 0.15) is 30.0 Å². The molecule has 1 rings (SSSR count). The monoisotopic (exact) mass is 341 g/mol. The number of alkyl halides is 3. The maximum atomic E-state index is 12.9. The normalized spacial score (nSPS) is 10.8. The lowest BCUT2D eigenvalue weighted by atomic mass is 10.0. The minimum atomic E-state index is -2.78. The molecule has 0 aromatic carbocycles. The molecule has 3 nitrogen and oxygen atoms in total. The Morgan fingerprint density at radius 2 is 2.28 bits per heavy atom. The van der Waals surface area contributed by atoms with Gasteiger partial charge in [-0.1, -0.05) is 27.5 Å². The van der Waals surface area contributed by atoms with Crippen LogP contribution >= 0.6 is 27.5 Å². The molecule has 0 radical (unpaired) electrons. The molecule has 0 aliphatic rings. The SMILES string of the molecule is CCOC(=O)Cc1c(CBr)cnc(Cl)c1C(F)F. The molecule has 1 aromatic heterocycles. The average molecular weight is 343 g/mol. The van der Waals surface area contributed by atoms with Crippen molar-refractivity contribution in [1.29, 1.82) is 0 Å². The van der Waals surface area contributed by atoms with Gasteiger partial charge in [0.2, 0.25) is 0 Å². The fourth-order valence-corrected chi connectivity index (χ4v) is 2.21. The molecule has 0 aliphatic carbocycles. The van der Waals surface area contributed by atoms with E-state index in [0.717, 1.165) is 0 Å². The largest absolute Gasteiger partial charge is 0.466 e. The van der Waals surface area contributed by atoms with Gasteiger partial charge in [-0.15, -0.1) is 0 Å². The lowest BCUT2D eigenvalue weighted by Gasteiger charge is -2.13. The lowest BCUT2D eigenvalue weighted by molar-refractivity contribution is -0.142. The molecule has 0 atom stereocenters. The molecular weight excluding hydrogens is 331 g/mol. The van der Waals surface area contributed by atoms with Gasteiger partial charge < -0.3 is 4.74 Å². The number of carbonyl (C=O) groups excluding carboxylic acids is 1. The van der Waals surface area contributed by atoms with Crippen LogP contribution in [-0.4, -0.2) is 17.6 Å². The predicted molar refractivity (Wildman–Crippen MR) is 67.2 cm³/mol. The Hall–Kier alpha value is -0.750. The molecule has 0 aliphatic heterocycles. The van der Waals surface area contributed by atoms with Crippen molar-refractivity contribution < 1.29 is 18.3 Å². The van der Waals surface area contributed by atoms with Crippen molar-refractivity contribution in [3.05, 3.63) is 28.0 Å². The van der Waals surface area contributed by atoms with Crippen LogP contribution in [0.25, 0.3) is 0 Å². The van der Waals surface area contributed by atoms with Gasteiger partial charge in [-0.2, -0.15) is 0 Å². The quantitative estimate of drug-likeness (QED) is 0.465. The standard InChI is InChI=1S/C11H11BrClF2NO2/c1-2-18-8(17)3-7-6(4-12)5-16-10(13)9(7)11(14)15/h5,11H,2-4H2,1H3. The summed E-state index contributed by atoms with van der Waals surface area (Å²) in [5, 5.41) is 0.0278. The molecule has 1 aromatic rings. The number of esters is 1. The number of ether oxygens (including phenoxy) is 1. The van der Waals surface area contributed by atoms with Crippen molar-refractivity contribution in [3.8, 4) is 0 Å². The van der Waals surface area contributed by atoms with Crippen molar-refractivity contribution >= 4 is 33.5 Å². The highest BCUT2D eigenvalue weighted by Crippen LogP contribution is 2.32. The van der Waals surface area contributed by atoms with Crippen molar-refractivity contribution in [2.45, 2.75) is 25.1 Å². The van der Waals surface area contributed by atoms with Crippen LogP contribution in [0.4, 0.5) is 8.78 Å². The van der Waals surface area contributed by atoms with Gasteiger partial charge in [0.15, 0.2) is 0 Å². The number of aromatic nitrogens is 1. The highest BCUT2D eigenvalue weighted by molar-refractivity contribution is 9.08. The third kappa shape index (κ3) is 3.62. The van der Waals surface area contributed by atoms with Crippen LogP contribution in [0.3, 0.4) is 0 Å². The average Bonchev–Trinajstić information content (AvgIpc) is 2.29. The Bertz CT molecular complexity index is 443. The number of hydrogen-bond acceptors (Lipinski definition) is 3. The van der Waals surface area contributed by atoms with Crippen LogP contribution in [0.2, 0.25) is 5.15 Å². The van der Waals surface area contributed by atoms with Gasteiger partial charge in [-0.3, -0.25) is 4.79 Å². The van der Waals surface area contributed by atoms with Crippen molar-refractivity contribution in [1.82, 2.24) is 4.98 Å². The third-order valence-electron chi connectivity index (χ3n) is 2.26. The van der Waals surface area contributed by atoms with Gasteiger partial charge in [-0.25, -0.2) is 13.8 Å². The third-order valence-corrected chi connectivity index (χ3v) is 3.16. The second-order valence-corrected chi connectivity index (χ2v) is 4.30. The molecular formula is C11H11BrClF2NO2. The summed E-state index contributed by atoms with van der Waals surface area (Å²) in [5.41, 5.74) is 0.282. The second-order valence-electron chi connectivity index (χ2n) is 3.38. The van der Waals surface area contributed by atoms with Crippen LogP contribution < -0.4 is 0 Å². The van der Waals surface area contributed by atoms with Gasteiger partial charge >= 0.3 is 5.97 Å². The van der Waals surface area contributed by atoms with E-state index in [9.17, 15) is 13.6 Å². The van der Waals surface area contributed by atoms with Crippen LogP contribution in [0, 0.1) is 0 Å². The number of rotatable bonds is 5. The van der Waals surface area contributed by atoms with E-state index in [4.69, 9.17) is 16.3 Å². The predicted octanol–water partition coefficient (Wildman–Crippen LogP) is 3.67. The van der Waals surface area contributed by atoms with Gasteiger partial charge in [0.1, 0.15) is 5.15 Å². The Morgan fingerprint density at radius 3 is 2.78 bits per heavy atom. The fraction of sp³-hybridized carbons (Fsp3) is 0.455. The number of pyridine rings is 1. The Balaban J connectivity index is 3.19. The highest BCUT2D eigenvalue weighted by atomic mass is 79.9. The topological polar surface area (TPSA) is 39.2 Å². The first-order valence-corrected chi connectivity index (χ1v) is 6.67. The van der Waals surface area contributed by atoms with Gasteiger partial charge in [-0.05, 0) is 18.1 Å². The zero-order valence-electron chi connectivity index (χ0n) is 9.55. The van der Waals surface area contributed by atoms with E-state index in [-0.39, 0.29) is 23.7 Å². The highest BCUT2D eigenvalue weighted by Gasteiger charge is 2.23. The molecule has 0 bridgehead atoms. The molecule has 7 heteroatoms. The van der Waals surface area contributed by atoms with E-state index in [1.165, 1.54) is 6.20 Å². The first-order chi connectivity index (χ1) is 8.51. The second kappa shape index (κ2) is 6.99. The van der Waals surface area contributed by atoms with Crippen LogP contribution in [-0.2, 0) is 21.3 Å². The maximum Gasteiger partial charge on any atom is 0.310 e. The Kier molecular flexibility index (Phi) is 5.95. The maximum absolute atomic E-state index is 12.9. The summed E-state index contributed by atoms with van der Waals surface area (Å²) >= 11 is 8.82. The molecule has 18 heavy (non-hydrogen) atoms. The Morgan fingerprint density at radius 1 is 1.61 bits per heavy atom. The zero-order chi connectivity index (χ0) is 13.7. The van der Waals surface area contributed by atoms with E-state index in [2.05, 4.69) is 20.9 Å². The molecule has 0 spiro atoms. The van der Waals surface area contributed by atoms with Crippen molar-refractivity contribution in [2.75, 3.05) is 6.61 Å². The van der Waals surface area contributed by atoms with Gasteiger partial charge in [0, 0.05) is 11.5 Å². The van der Waals surface area contributed by atoms with Gasteiger partial charge in [0.25, 0.3) is 6.43 Å². The minimum Gasteiger partial charge on any atom is -0.466 e. The molecule has 0 saturated heterocycles.